The first-order chi connectivity index (χ1) is 8.72. The van der Waals surface area contributed by atoms with Crippen molar-refractivity contribution in [3.05, 3.63) is 22.9 Å². The van der Waals surface area contributed by atoms with Crippen LogP contribution in [0, 0.1) is 5.92 Å². The lowest BCUT2D eigenvalue weighted by atomic mass is 10.0. The largest absolute Gasteiger partial charge is 0.481 e. The van der Waals surface area contributed by atoms with E-state index in [0.29, 0.717) is 4.47 Å². The second-order valence-electron chi connectivity index (χ2n) is 4.41. The number of carbonyl (C=O) groups is 1. The molecule has 6 nitrogen and oxygen atoms in total. The first-order valence-electron chi connectivity index (χ1n) is 5.57. The van der Waals surface area contributed by atoms with Crippen LogP contribution < -0.4 is 4.72 Å². The first-order valence-corrected chi connectivity index (χ1v) is 7.84. The third-order valence-corrected chi connectivity index (χ3v) is 4.39. The van der Waals surface area contributed by atoms with Gasteiger partial charge in [-0.25, -0.2) is 13.1 Å². The minimum Gasteiger partial charge on any atom is -0.481 e. The second-order valence-corrected chi connectivity index (χ2v) is 7.04. The van der Waals surface area contributed by atoms with Crippen molar-refractivity contribution in [3.63, 3.8) is 0 Å². The molecule has 1 atom stereocenters. The number of pyridine rings is 1. The summed E-state index contributed by atoms with van der Waals surface area (Å²) in [6, 6.07) is 0.745. The summed E-state index contributed by atoms with van der Waals surface area (Å²) in [5, 5.41) is 8.79. The fourth-order valence-electron chi connectivity index (χ4n) is 1.41. The molecular formula is C11H15BrN2O4S. The molecule has 0 amide bonds. The molecule has 0 saturated carbocycles. The van der Waals surface area contributed by atoms with E-state index >= 15 is 0 Å². The molecular weight excluding hydrogens is 336 g/mol. The summed E-state index contributed by atoms with van der Waals surface area (Å²) >= 11 is 3.14. The third kappa shape index (κ3) is 4.88. The average molecular weight is 351 g/mol. The summed E-state index contributed by atoms with van der Waals surface area (Å²) in [6.45, 7) is 3.52. The number of aromatic nitrogens is 1. The predicted octanol–water partition coefficient (Wildman–Crippen LogP) is 1.62. The number of halogens is 1. The number of hydrogen-bond acceptors (Lipinski definition) is 4. The molecule has 0 radical (unpaired) electrons. The number of rotatable bonds is 6. The smallest absolute Gasteiger partial charge is 0.304 e. The molecule has 1 aromatic heterocycles. The maximum Gasteiger partial charge on any atom is 0.304 e. The van der Waals surface area contributed by atoms with E-state index < -0.39 is 22.0 Å². The van der Waals surface area contributed by atoms with E-state index in [1.54, 1.807) is 13.8 Å². The Hall–Kier alpha value is -0.990. The van der Waals surface area contributed by atoms with Crippen molar-refractivity contribution in [2.45, 2.75) is 31.2 Å². The number of aliphatic carboxylic acids is 1. The van der Waals surface area contributed by atoms with Crippen molar-refractivity contribution < 1.29 is 18.3 Å². The maximum absolute atomic E-state index is 12.1. The van der Waals surface area contributed by atoms with Crippen molar-refractivity contribution in [2.24, 2.45) is 5.92 Å². The molecule has 0 bridgehead atoms. The Morgan fingerprint density at radius 2 is 2.11 bits per heavy atom. The van der Waals surface area contributed by atoms with Gasteiger partial charge in [0.05, 0.1) is 6.42 Å². The van der Waals surface area contributed by atoms with E-state index in [2.05, 4.69) is 25.6 Å². The van der Waals surface area contributed by atoms with Crippen molar-refractivity contribution in [2.75, 3.05) is 0 Å². The van der Waals surface area contributed by atoms with Crippen LogP contribution in [0.3, 0.4) is 0 Å². The molecule has 0 aliphatic heterocycles. The Balaban J connectivity index is 2.97. The standard InChI is InChI=1S/C11H15BrN2O4S/c1-7(2)10(4-11(15)16)14-19(17,18)9-3-8(12)5-13-6-9/h3,5-7,10,14H,4H2,1-2H3,(H,15,16). The Morgan fingerprint density at radius 1 is 1.47 bits per heavy atom. The van der Waals surface area contributed by atoms with Gasteiger partial charge < -0.3 is 5.11 Å². The molecule has 0 saturated heterocycles. The summed E-state index contributed by atoms with van der Waals surface area (Å²) in [7, 11) is -3.78. The van der Waals surface area contributed by atoms with Crippen molar-refractivity contribution in [3.8, 4) is 0 Å². The SMILES string of the molecule is CC(C)C(CC(=O)O)NS(=O)(=O)c1cncc(Br)c1. The van der Waals surface area contributed by atoms with Gasteiger partial charge in [0, 0.05) is 22.9 Å². The minimum atomic E-state index is -3.78. The van der Waals surface area contributed by atoms with Crippen LogP contribution in [-0.2, 0) is 14.8 Å². The molecule has 1 aromatic rings. The highest BCUT2D eigenvalue weighted by atomic mass is 79.9. The zero-order valence-corrected chi connectivity index (χ0v) is 12.9. The second kappa shape index (κ2) is 6.44. The normalized spacial score (nSPS) is 13.5. The van der Waals surface area contributed by atoms with Gasteiger partial charge >= 0.3 is 5.97 Å². The Kier molecular flexibility index (Phi) is 5.45. The number of sulfonamides is 1. The average Bonchev–Trinajstić information content (AvgIpc) is 2.27. The van der Waals surface area contributed by atoms with Gasteiger partial charge in [0.1, 0.15) is 4.90 Å². The summed E-state index contributed by atoms with van der Waals surface area (Å²) < 4.78 is 27.2. The summed E-state index contributed by atoms with van der Waals surface area (Å²) in [6.07, 6.45) is 2.42. The molecule has 8 heteroatoms. The van der Waals surface area contributed by atoms with Gasteiger partial charge in [-0.2, -0.15) is 0 Å². The third-order valence-electron chi connectivity index (χ3n) is 2.50. The molecule has 2 N–H and O–H groups in total. The zero-order chi connectivity index (χ0) is 14.6. The van der Waals surface area contributed by atoms with Crippen LogP contribution in [-0.4, -0.2) is 30.5 Å². The molecule has 0 fully saturated rings. The molecule has 19 heavy (non-hydrogen) atoms. The number of nitrogens with zero attached hydrogens (tertiary/aromatic N) is 1. The molecule has 1 rings (SSSR count). The highest BCUT2D eigenvalue weighted by Gasteiger charge is 2.24. The zero-order valence-electron chi connectivity index (χ0n) is 10.5. The van der Waals surface area contributed by atoms with Gasteiger partial charge in [0.2, 0.25) is 10.0 Å². The van der Waals surface area contributed by atoms with Gasteiger partial charge in [-0.05, 0) is 27.9 Å². The molecule has 0 aromatic carbocycles. The van der Waals surface area contributed by atoms with Gasteiger partial charge in [-0.3, -0.25) is 9.78 Å². The Morgan fingerprint density at radius 3 is 2.58 bits per heavy atom. The summed E-state index contributed by atoms with van der Waals surface area (Å²) in [5.41, 5.74) is 0. The fraction of sp³-hybridized carbons (Fsp3) is 0.455. The topological polar surface area (TPSA) is 96.4 Å². The van der Waals surface area contributed by atoms with Crippen LogP contribution in [0.15, 0.2) is 27.8 Å². The lowest BCUT2D eigenvalue weighted by molar-refractivity contribution is -0.137. The number of nitrogens with one attached hydrogen (secondary N) is 1. The van der Waals surface area contributed by atoms with Crippen LogP contribution in [0.2, 0.25) is 0 Å². The summed E-state index contributed by atoms with van der Waals surface area (Å²) in [4.78, 5) is 14.5. The fourth-order valence-corrected chi connectivity index (χ4v) is 3.30. The van der Waals surface area contributed by atoms with Crippen molar-refractivity contribution >= 4 is 31.9 Å². The van der Waals surface area contributed by atoms with Crippen LogP contribution in [0.4, 0.5) is 0 Å². The minimum absolute atomic E-state index is 0.00193. The van der Waals surface area contributed by atoms with Gasteiger partial charge in [0.15, 0.2) is 0 Å². The molecule has 1 unspecified atom stereocenters. The van der Waals surface area contributed by atoms with E-state index in [1.165, 1.54) is 18.5 Å². The Labute approximate surface area is 120 Å². The molecule has 0 aliphatic carbocycles. The van der Waals surface area contributed by atoms with E-state index in [-0.39, 0.29) is 17.2 Å². The maximum atomic E-state index is 12.1. The van der Waals surface area contributed by atoms with E-state index in [0.717, 1.165) is 0 Å². The Bertz CT molecular complexity index is 560. The molecule has 0 spiro atoms. The highest BCUT2D eigenvalue weighted by molar-refractivity contribution is 9.10. The highest BCUT2D eigenvalue weighted by Crippen LogP contribution is 2.16. The lowest BCUT2D eigenvalue weighted by Gasteiger charge is -2.20. The van der Waals surface area contributed by atoms with Crippen LogP contribution in [0.5, 0.6) is 0 Å². The van der Waals surface area contributed by atoms with Crippen LogP contribution in [0.1, 0.15) is 20.3 Å². The number of carboxylic acids is 1. The van der Waals surface area contributed by atoms with Crippen molar-refractivity contribution in [1.82, 2.24) is 9.71 Å². The monoisotopic (exact) mass is 350 g/mol. The predicted molar refractivity (Wildman–Crippen MR) is 73.1 cm³/mol. The molecule has 1 heterocycles. The van der Waals surface area contributed by atoms with Crippen LogP contribution in [0.25, 0.3) is 0 Å². The number of carboxylic acid groups (broad SMARTS) is 1. The quantitative estimate of drug-likeness (QED) is 0.812. The molecule has 106 valence electrons. The van der Waals surface area contributed by atoms with E-state index in [1.807, 2.05) is 0 Å². The molecule has 0 aliphatic rings. The van der Waals surface area contributed by atoms with E-state index in [9.17, 15) is 13.2 Å². The van der Waals surface area contributed by atoms with Crippen LogP contribution >= 0.6 is 15.9 Å². The number of hydrogen-bond donors (Lipinski definition) is 2. The van der Waals surface area contributed by atoms with Crippen molar-refractivity contribution in [1.29, 1.82) is 0 Å². The van der Waals surface area contributed by atoms with Gasteiger partial charge in [0.25, 0.3) is 0 Å². The summed E-state index contributed by atoms with van der Waals surface area (Å²) in [5.74, 6) is -1.18. The van der Waals surface area contributed by atoms with Gasteiger partial charge in [-0.1, -0.05) is 13.8 Å². The van der Waals surface area contributed by atoms with E-state index in [4.69, 9.17) is 5.11 Å². The first kappa shape index (κ1) is 16.1. The lowest BCUT2D eigenvalue weighted by Crippen LogP contribution is -2.40. The van der Waals surface area contributed by atoms with Gasteiger partial charge in [-0.15, -0.1) is 0 Å².